The van der Waals surface area contributed by atoms with E-state index < -0.39 is 0 Å². The Hall–Kier alpha value is -8.88. The lowest BCUT2D eigenvalue weighted by Crippen LogP contribution is -1.99. The molecule has 0 saturated carbocycles. The van der Waals surface area contributed by atoms with Crippen molar-refractivity contribution in [3.63, 3.8) is 0 Å². The van der Waals surface area contributed by atoms with Gasteiger partial charge in [0.2, 0.25) is 5.78 Å². The fourth-order valence-electron chi connectivity index (χ4n) is 10.0. The molecule has 0 radical (unpaired) electrons. The zero-order valence-corrected chi connectivity index (χ0v) is 34.2. The normalized spacial score (nSPS) is 12.1. The third-order valence-electron chi connectivity index (χ3n) is 12.8. The van der Waals surface area contributed by atoms with Crippen molar-refractivity contribution in [3.05, 3.63) is 207 Å². The molecular formula is C56H35N7O. The molecule has 0 aliphatic carbocycles. The van der Waals surface area contributed by atoms with Crippen LogP contribution in [-0.4, -0.2) is 28.1 Å². The molecule has 300 valence electrons. The van der Waals surface area contributed by atoms with Gasteiger partial charge in [-0.05, 0) is 120 Å². The maximum Gasteiger partial charge on any atom is 0.220 e. The van der Waals surface area contributed by atoms with Crippen molar-refractivity contribution < 1.29 is 4.42 Å². The lowest BCUT2D eigenvalue weighted by atomic mass is 10.0. The molecule has 0 aliphatic rings. The molecule has 0 atom stereocenters. The SMILES string of the molecule is c1cc(-c2ccc3oc4cccc(Nc5ccccc5-n5cnc6ccccc65)c4c3c2)cc(-n2c3ccccc3c3cc(-n4c5ccccc5n5c6ccccc6nc45)ccc32)c1. The Labute approximate surface area is 365 Å². The highest BCUT2D eigenvalue weighted by molar-refractivity contribution is 6.13. The highest BCUT2D eigenvalue weighted by Crippen LogP contribution is 2.40. The summed E-state index contributed by atoms with van der Waals surface area (Å²) in [4.78, 5) is 9.82. The van der Waals surface area contributed by atoms with Crippen molar-refractivity contribution >= 4 is 94.0 Å². The summed E-state index contributed by atoms with van der Waals surface area (Å²) in [7, 11) is 0. The minimum atomic E-state index is 0.829. The Balaban J connectivity index is 0.883. The number of hydrogen-bond acceptors (Lipinski definition) is 4. The number of aromatic nitrogens is 6. The number of benzene rings is 9. The topological polar surface area (TPSA) is 70.2 Å². The van der Waals surface area contributed by atoms with Gasteiger partial charge in [0, 0.05) is 27.5 Å². The van der Waals surface area contributed by atoms with E-state index in [2.05, 4.69) is 198 Å². The molecule has 0 amide bonds. The summed E-state index contributed by atoms with van der Waals surface area (Å²) in [6.07, 6.45) is 1.89. The van der Waals surface area contributed by atoms with Crippen molar-refractivity contribution in [1.82, 2.24) is 28.1 Å². The largest absolute Gasteiger partial charge is 0.456 e. The first-order valence-corrected chi connectivity index (χ1v) is 21.5. The van der Waals surface area contributed by atoms with Crippen molar-refractivity contribution in [2.24, 2.45) is 0 Å². The Morgan fingerprint density at radius 3 is 2.05 bits per heavy atom. The fraction of sp³-hybridized carbons (Fsp3) is 0. The first kappa shape index (κ1) is 34.8. The van der Waals surface area contributed by atoms with Crippen LogP contribution in [0.15, 0.2) is 211 Å². The summed E-state index contributed by atoms with van der Waals surface area (Å²) in [5, 5.41) is 8.25. The summed E-state index contributed by atoms with van der Waals surface area (Å²) in [6.45, 7) is 0. The number of nitrogens with one attached hydrogen (secondary N) is 1. The van der Waals surface area contributed by atoms with Gasteiger partial charge in [-0.1, -0.05) is 91.0 Å². The molecule has 0 aliphatic heterocycles. The van der Waals surface area contributed by atoms with Crippen LogP contribution in [-0.2, 0) is 0 Å². The number of para-hydroxylation sites is 9. The molecule has 8 nitrogen and oxygen atoms in total. The quantitative estimate of drug-likeness (QED) is 0.181. The van der Waals surface area contributed by atoms with Crippen LogP contribution in [0.3, 0.4) is 0 Å². The molecule has 64 heavy (non-hydrogen) atoms. The van der Waals surface area contributed by atoms with Gasteiger partial charge in [0.25, 0.3) is 0 Å². The number of hydrogen-bond donors (Lipinski definition) is 1. The van der Waals surface area contributed by atoms with Crippen molar-refractivity contribution in [3.8, 4) is 28.2 Å². The van der Waals surface area contributed by atoms with Gasteiger partial charge in [-0.25, -0.2) is 9.97 Å². The van der Waals surface area contributed by atoms with Gasteiger partial charge in [0.1, 0.15) is 17.5 Å². The molecule has 9 aromatic carbocycles. The number of furan rings is 1. The zero-order chi connectivity index (χ0) is 41.9. The molecule has 0 saturated heterocycles. The second-order valence-corrected chi connectivity index (χ2v) is 16.4. The van der Waals surface area contributed by atoms with Gasteiger partial charge in [-0.2, -0.15) is 0 Å². The van der Waals surface area contributed by atoms with E-state index in [9.17, 15) is 0 Å². The summed E-state index contributed by atoms with van der Waals surface area (Å²) in [6, 6.07) is 70.6. The summed E-state index contributed by atoms with van der Waals surface area (Å²) in [5.74, 6) is 0.900. The third-order valence-corrected chi connectivity index (χ3v) is 12.8. The zero-order valence-electron chi connectivity index (χ0n) is 34.2. The smallest absolute Gasteiger partial charge is 0.220 e. The van der Waals surface area contributed by atoms with Crippen LogP contribution < -0.4 is 5.32 Å². The Morgan fingerprint density at radius 2 is 1.12 bits per heavy atom. The van der Waals surface area contributed by atoms with E-state index in [1.165, 1.54) is 10.8 Å². The maximum atomic E-state index is 6.49. The van der Waals surface area contributed by atoms with Gasteiger partial charge in [-0.15, -0.1) is 0 Å². The third kappa shape index (κ3) is 5.05. The monoisotopic (exact) mass is 821 g/mol. The van der Waals surface area contributed by atoms with Gasteiger partial charge in [-0.3, -0.25) is 13.5 Å². The van der Waals surface area contributed by atoms with Crippen molar-refractivity contribution in [2.45, 2.75) is 0 Å². The molecular weight excluding hydrogens is 787 g/mol. The summed E-state index contributed by atoms with van der Waals surface area (Å²) < 4.78 is 15.6. The second kappa shape index (κ2) is 13.3. The predicted molar refractivity (Wildman–Crippen MR) is 261 cm³/mol. The predicted octanol–water partition coefficient (Wildman–Crippen LogP) is 14.2. The molecule has 14 aromatic rings. The van der Waals surface area contributed by atoms with Crippen LogP contribution >= 0.6 is 0 Å². The molecule has 8 heteroatoms. The van der Waals surface area contributed by atoms with E-state index in [0.717, 1.165) is 111 Å². The lowest BCUT2D eigenvalue weighted by Gasteiger charge is -2.14. The molecule has 1 N–H and O–H groups in total. The molecule has 14 rings (SSSR count). The maximum absolute atomic E-state index is 6.49. The van der Waals surface area contributed by atoms with Crippen molar-refractivity contribution in [2.75, 3.05) is 5.32 Å². The van der Waals surface area contributed by atoms with E-state index >= 15 is 0 Å². The van der Waals surface area contributed by atoms with Crippen LogP contribution in [0.1, 0.15) is 0 Å². The van der Waals surface area contributed by atoms with Gasteiger partial charge in [0.05, 0.1) is 66.6 Å². The van der Waals surface area contributed by atoms with Crippen LogP contribution in [0.2, 0.25) is 0 Å². The van der Waals surface area contributed by atoms with Gasteiger partial charge >= 0.3 is 0 Å². The first-order chi connectivity index (χ1) is 31.7. The van der Waals surface area contributed by atoms with Gasteiger partial charge < -0.3 is 14.3 Å². The molecule has 0 unspecified atom stereocenters. The van der Waals surface area contributed by atoms with Crippen LogP contribution in [0.5, 0.6) is 0 Å². The number of rotatable bonds is 6. The van der Waals surface area contributed by atoms with E-state index in [0.29, 0.717) is 0 Å². The standard InChI is InChI=1S/C56H35N7O/c1-5-20-46-39(15-1)40-33-38(62-51-24-9-10-25-52(51)63-50-23-8-4-18-44(50)59-56(62)63)28-29-47(40)61(46)37-14-11-13-35(31-37)36-27-30-53-41(32-36)55-45(19-12-26-54(55)64-53)58-43-17-3-7-22-49(43)60-34-57-42-16-2-6-21-48(42)60/h1-34,58H. The fourth-order valence-corrected chi connectivity index (χ4v) is 10.0. The second-order valence-electron chi connectivity index (χ2n) is 16.4. The summed E-state index contributed by atoms with van der Waals surface area (Å²) >= 11 is 0. The first-order valence-electron chi connectivity index (χ1n) is 21.5. The number of anilines is 2. The molecule has 5 heterocycles. The Morgan fingerprint density at radius 1 is 0.422 bits per heavy atom. The molecule has 0 fully saturated rings. The van der Waals surface area contributed by atoms with Crippen molar-refractivity contribution in [1.29, 1.82) is 0 Å². The van der Waals surface area contributed by atoms with Gasteiger partial charge in [0.15, 0.2) is 0 Å². The minimum Gasteiger partial charge on any atom is -0.456 e. The lowest BCUT2D eigenvalue weighted by molar-refractivity contribution is 0.669. The highest BCUT2D eigenvalue weighted by atomic mass is 16.3. The van der Waals surface area contributed by atoms with Crippen LogP contribution in [0.25, 0.3) is 111 Å². The number of fused-ring (bicyclic) bond motifs is 12. The Bertz CT molecular complexity index is 4200. The van der Waals surface area contributed by atoms with E-state index in [4.69, 9.17) is 9.40 Å². The molecule has 0 spiro atoms. The molecule has 0 bridgehead atoms. The minimum absolute atomic E-state index is 0.829. The van der Waals surface area contributed by atoms with E-state index in [1.807, 2.05) is 36.7 Å². The summed E-state index contributed by atoms with van der Waals surface area (Å²) in [5.41, 5.74) is 17.6. The number of nitrogens with zero attached hydrogens (tertiary/aromatic N) is 6. The average molecular weight is 822 g/mol. The molecule has 5 aromatic heterocycles. The number of imidazole rings is 3. The van der Waals surface area contributed by atoms with E-state index in [-0.39, 0.29) is 0 Å². The van der Waals surface area contributed by atoms with E-state index in [1.54, 1.807) is 0 Å². The highest BCUT2D eigenvalue weighted by Gasteiger charge is 2.20. The average Bonchev–Trinajstić information content (AvgIpc) is 4.17. The van der Waals surface area contributed by atoms with Crippen LogP contribution in [0, 0.1) is 0 Å². The Kier molecular flexibility index (Phi) is 7.23. The van der Waals surface area contributed by atoms with Crippen LogP contribution in [0.4, 0.5) is 11.4 Å².